The normalized spacial score (nSPS) is 19.2. The van der Waals surface area contributed by atoms with Crippen LogP contribution in [-0.4, -0.2) is 29.9 Å². The Morgan fingerprint density at radius 3 is 2.32 bits per heavy atom. The van der Waals surface area contributed by atoms with Crippen LogP contribution in [0, 0.1) is 5.41 Å². The summed E-state index contributed by atoms with van der Waals surface area (Å²) in [6.45, 7) is 6.31. The van der Waals surface area contributed by atoms with Crippen molar-refractivity contribution in [3.8, 4) is 0 Å². The molecule has 0 aromatic heterocycles. The minimum atomic E-state index is -1.48. The topological polar surface area (TPSA) is 102 Å². The molecule has 1 heterocycles. The number of ether oxygens (including phenoxy) is 1. The van der Waals surface area contributed by atoms with Crippen molar-refractivity contribution in [2.45, 2.75) is 32.8 Å². The summed E-state index contributed by atoms with van der Waals surface area (Å²) >= 11 is 0. The Morgan fingerprint density at radius 2 is 1.89 bits per heavy atom. The maximum atomic E-state index is 12.0. The lowest BCUT2D eigenvalue weighted by atomic mass is 9.76. The molecule has 4 amide bonds. The van der Waals surface area contributed by atoms with Gasteiger partial charge in [-0.25, -0.2) is 4.79 Å². The van der Waals surface area contributed by atoms with Gasteiger partial charge in [-0.15, -0.1) is 6.58 Å². The van der Waals surface area contributed by atoms with Crippen molar-refractivity contribution in [3.05, 3.63) is 12.7 Å². The van der Waals surface area contributed by atoms with Gasteiger partial charge >= 0.3 is 12.0 Å². The van der Waals surface area contributed by atoms with Crippen molar-refractivity contribution in [2.75, 3.05) is 0 Å². The molecule has 0 bridgehead atoms. The molecule has 0 spiro atoms. The Morgan fingerprint density at radius 1 is 1.37 bits per heavy atom. The van der Waals surface area contributed by atoms with Gasteiger partial charge in [0.05, 0.1) is 0 Å². The molecule has 19 heavy (non-hydrogen) atoms. The molecule has 0 radical (unpaired) electrons. The first-order valence-corrected chi connectivity index (χ1v) is 5.77. The lowest BCUT2D eigenvalue weighted by molar-refractivity contribution is -0.154. The van der Waals surface area contributed by atoms with Crippen molar-refractivity contribution >= 4 is 23.8 Å². The molecule has 1 fully saturated rings. The first-order chi connectivity index (χ1) is 8.81. The standard InChI is InChI=1S/C12H16N2O5/c1-4-5-12(6-7(2)19-8(3)15)9(16)13-11(18)14-10(12)17/h4,7H,1,5-6H2,2-3H3,(H2,13,14,16,17,18). The zero-order valence-corrected chi connectivity index (χ0v) is 10.8. The summed E-state index contributed by atoms with van der Waals surface area (Å²) in [5, 5.41) is 4.09. The van der Waals surface area contributed by atoms with Crippen LogP contribution in [0.4, 0.5) is 4.79 Å². The van der Waals surface area contributed by atoms with Crippen molar-refractivity contribution in [1.29, 1.82) is 0 Å². The highest BCUT2D eigenvalue weighted by molar-refractivity contribution is 6.19. The van der Waals surface area contributed by atoms with E-state index in [4.69, 9.17) is 4.74 Å². The number of hydrogen-bond acceptors (Lipinski definition) is 5. The fraction of sp³-hybridized carbons (Fsp3) is 0.500. The molecule has 0 aromatic carbocycles. The molecular formula is C12H16N2O5. The van der Waals surface area contributed by atoms with Gasteiger partial charge in [0.2, 0.25) is 11.8 Å². The molecule has 1 atom stereocenters. The summed E-state index contributed by atoms with van der Waals surface area (Å²) in [5.41, 5.74) is -1.48. The maximum Gasteiger partial charge on any atom is 0.328 e. The number of esters is 1. The van der Waals surface area contributed by atoms with E-state index in [1.54, 1.807) is 6.92 Å². The molecule has 2 N–H and O–H groups in total. The predicted molar refractivity (Wildman–Crippen MR) is 64.8 cm³/mol. The van der Waals surface area contributed by atoms with Crippen LogP contribution in [-0.2, 0) is 19.1 Å². The predicted octanol–water partition coefficient (Wildman–Crippen LogP) is 0.257. The second kappa shape index (κ2) is 5.64. The second-order valence-corrected chi connectivity index (χ2v) is 4.44. The van der Waals surface area contributed by atoms with Gasteiger partial charge in [-0.3, -0.25) is 25.0 Å². The smallest absolute Gasteiger partial charge is 0.328 e. The minimum absolute atomic E-state index is 0.0243. The number of rotatable bonds is 5. The minimum Gasteiger partial charge on any atom is -0.463 e. The summed E-state index contributed by atoms with van der Waals surface area (Å²) < 4.78 is 4.93. The monoisotopic (exact) mass is 268 g/mol. The summed E-state index contributed by atoms with van der Waals surface area (Å²) in [6, 6.07) is -0.852. The summed E-state index contributed by atoms with van der Waals surface area (Å²) in [6.07, 6.45) is 0.796. The van der Waals surface area contributed by atoms with Crippen LogP contribution >= 0.6 is 0 Å². The lowest BCUT2D eigenvalue weighted by Gasteiger charge is -2.34. The average Bonchev–Trinajstić information content (AvgIpc) is 2.24. The zero-order valence-electron chi connectivity index (χ0n) is 10.8. The van der Waals surface area contributed by atoms with Crippen LogP contribution in [0.15, 0.2) is 12.7 Å². The van der Waals surface area contributed by atoms with Gasteiger partial charge in [0.1, 0.15) is 11.5 Å². The highest BCUT2D eigenvalue weighted by atomic mass is 16.5. The van der Waals surface area contributed by atoms with E-state index in [2.05, 4.69) is 6.58 Å². The van der Waals surface area contributed by atoms with Crippen LogP contribution in [0.25, 0.3) is 0 Å². The third-order valence-electron chi connectivity index (χ3n) is 2.82. The number of barbiturate groups is 1. The molecule has 1 rings (SSSR count). The van der Waals surface area contributed by atoms with E-state index in [-0.39, 0.29) is 12.8 Å². The number of amides is 4. The Kier molecular flexibility index (Phi) is 4.42. The fourth-order valence-electron chi connectivity index (χ4n) is 2.10. The zero-order chi connectivity index (χ0) is 14.6. The van der Waals surface area contributed by atoms with Gasteiger partial charge in [0.15, 0.2) is 0 Å². The first kappa shape index (κ1) is 14.9. The van der Waals surface area contributed by atoms with E-state index in [0.29, 0.717) is 0 Å². The van der Waals surface area contributed by atoms with E-state index in [0.717, 1.165) is 0 Å². The van der Waals surface area contributed by atoms with Crippen LogP contribution in [0.5, 0.6) is 0 Å². The SMILES string of the molecule is C=CCC1(CC(C)OC(C)=O)C(=O)NC(=O)NC1=O. The number of hydrogen-bond donors (Lipinski definition) is 2. The van der Waals surface area contributed by atoms with Crippen molar-refractivity contribution < 1.29 is 23.9 Å². The Balaban J connectivity index is 2.98. The molecule has 7 heteroatoms. The number of allylic oxidation sites excluding steroid dienone is 1. The van der Waals surface area contributed by atoms with Crippen molar-refractivity contribution in [2.24, 2.45) is 5.41 Å². The molecule has 7 nitrogen and oxygen atoms in total. The molecule has 0 saturated carbocycles. The van der Waals surface area contributed by atoms with Crippen molar-refractivity contribution in [3.63, 3.8) is 0 Å². The Labute approximate surface area is 110 Å². The molecule has 1 unspecified atom stereocenters. The quantitative estimate of drug-likeness (QED) is 0.423. The molecular weight excluding hydrogens is 252 g/mol. The van der Waals surface area contributed by atoms with Gasteiger partial charge in [0, 0.05) is 13.3 Å². The van der Waals surface area contributed by atoms with Gasteiger partial charge in [-0.1, -0.05) is 6.08 Å². The number of nitrogens with one attached hydrogen (secondary N) is 2. The number of carbonyl (C=O) groups is 4. The molecule has 1 aliphatic rings. The Hall–Kier alpha value is -2.18. The highest BCUT2D eigenvalue weighted by Gasteiger charge is 2.50. The second-order valence-electron chi connectivity index (χ2n) is 4.44. The molecule has 0 aliphatic carbocycles. The maximum absolute atomic E-state index is 12.0. The molecule has 1 saturated heterocycles. The fourth-order valence-corrected chi connectivity index (χ4v) is 2.10. The summed E-state index contributed by atoms with van der Waals surface area (Å²) in [4.78, 5) is 45.9. The lowest BCUT2D eigenvalue weighted by Crippen LogP contribution is -2.63. The highest BCUT2D eigenvalue weighted by Crippen LogP contribution is 2.32. The van der Waals surface area contributed by atoms with Crippen LogP contribution in [0.3, 0.4) is 0 Å². The van der Waals surface area contributed by atoms with Crippen LogP contribution in [0.1, 0.15) is 26.7 Å². The van der Waals surface area contributed by atoms with Crippen LogP contribution < -0.4 is 10.6 Å². The van der Waals surface area contributed by atoms with Gasteiger partial charge in [-0.05, 0) is 13.3 Å². The largest absolute Gasteiger partial charge is 0.463 e. The van der Waals surface area contributed by atoms with E-state index in [1.807, 2.05) is 10.6 Å². The third kappa shape index (κ3) is 3.18. The summed E-state index contributed by atoms with van der Waals surface area (Å²) in [5.74, 6) is -1.92. The summed E-state index contributed by atoms with van der Waals surface area (Å²) in [7, 11) is 0. The van der Waals surface area contributed by atoms with Crippen molar-refractivity contribution in [1.82, 2.24) is 10.6 Å². The van der Waals surface area contributed by atoms with E-state index >= 15 is 0 Å². The van der Waals surface area contributed by atoms with E-state index in [1.165, 1.54) is 13.0 Å². The van der Waals surface area contributed by atoms with Crippen LogP contribution in [0.2, 0.25) is 0 Å². The molecule has 1 aliphatic heterocycles. The first-order valence-electron chi connectivity index (χ1n) is 5.77. The number of imide groups is 2. The molecule has 0 aromatic rings. The van der Waals surface area contributed by atoms with E-state index in [9.17, 15) is 19.2 Å². The van der Waals surface area contributed by atoms with Gasteiger partial charge in [0.25, 0.3) is 0 Å². The number of urea groups is 1. The van der Waals surface area contributed by atoms with E-state index < -0.39 is 35.3 Å². The van der Waals surface area contributed by atoms with Gasteiger partial charge < -0.3 is 4.74 Å². The Bertz CT molecular complexity index is 423. The molecule has 104 valence electrons. The average molecular weight is 268 g/mol. The third-order valence-corrected chi connectivity index (χ3v) is 2.82. The number of carbonyl (C=O) groups excluding carboxylic acids is 4. The van der Waals surface area contributed by atoms with Gasteiger partial charge in [-0.2, -0.15) is 0 Å².